The zero-order valence-electron chi connectivity index (χ0n) is 11.7. The van der Waals surface area contributed by atoms with Crippen LogP contribution in [0.15, 0.2) is 48.7 Å². The number of urea groups is 1. The first-order valence-corrected chi connectivity index (χ1v) is 7.06. The Morgan fingerprint density at radius 1 is 1.18 bits per heavy atom. The van der Waals surface area contributed by atoms with Crippen LogP contribution < -0.4 is 5.73 Å². The van der Waals surface area contributed by atoms with E-state index in [-0.39, 0.29) is 11.9 Å². The molecule has 22 heavy (non-hydrogen) atoms. The van der Waals surface area contributed by atoms with Gasteiger partial charge in [0.05, 0.1) is 6.04 Å². The minimum absolute atomic E-state index is 0.303. The lowest BCUT2D eigenvalue weighted by Crippen LogP contribution is -2.34. The summed E-state index contributed by atoms with van der Waals surface area (Å²) in [6, 6.07) is 11.8. The van der Waals surface area contributed by atoms with Gasteiger partial charge in [0.25, 0.3) is 0 Å². The molecule has 2 aromatic carbocycles. The number of primary amides is 1. The number of aromatic amines is 1. The van der Waals surface area contributed by atoms with Crippen molar-refractivity contribution in [2.24, 2.45) is 5.73 Å². The Labute approximate surface area is 126 Å². The van der Waals surface area contributed by atoms with Crippen molar-refractivity contribution in [2.75, 3.05) is 0 Å². The summed E-state index contributed by atoms with van der Waals surface area (Å²) in [5, 5.41) is 0.510. The van der Waals surface area contributed by atoms with E-state index in [4.69, 9.17) is 5.73 Å². The van der Waals surface area contributed by atoms with E-state index in [1.54, 1.807) is 17.2 Å². The topological polar surface area (TPSA) is 62.1 Å². The van der Waals surface area contributed by atoms with E-state index in [2.05, 4.69) is 4.98 Å². The number of nitrogens with zero attached hydrogens (tertiary/aromatic N) is 1. The number of halogens is 1. The fourth-order valence-electron chi connectivity index (χ4n) is 3.31. The Morgan fingerprint density at radius 3 is 2.82 bits per heavy atom. The van der Waals surface area contributed by atoms with Gasteiger partial charge in [-0.25, -0.2) is 9.18 Å². The van der Waals surface area contributed by atoms with Crippen LogP contribution in [0.5, 0.6) is 0 Å². The third kappa shape index (κ3) is 1.72. The molecule has 3 aromatic rings. The molecule has 1 aromatic heterocycles. The summed E-state index contributed by atoms with van der Waals surface area (Å²) in [5.74, 6) is -0.303. The van der Waals surface area contributed by atoms with E-state index in [0.717, 1.165) is 16.7 Å². The monoisotopic (exact) mass is 295 g/mol. The molecule has 1 atom stereocenters. The van der Waals surface area contributed by atoms with Crippen LogP contribution in [-0.4, -0.2) is 15.9 Å². The van der Waals surface area contributed by atoms with Crippen LogP contribution in [0.25, 0.3) is 10.9 Å². The second-order valence-corrected chi connectivity index (χ2v) is 5.47. The van der Waals surface area contributed by atoms with Crippen molar-refractivity contribution in [3.8, 4) is 0 Å². The second kappa shape index (κ2) is 4.59. The molecule has 110 valence electrons. The van der Waals surface area contributed by atoms with Crippen LogP contribution in [0.4, 0.5) is 9.18 Å². The average Bonchev–Trinajstić information content (AvgIpc) is 3.08. The molecule has 0 radical (unpaired) electrons. The van der Waals surface area contributed by atoms with Gasteiger partial charge >= 0.3 is 6.03 Å². The zero-order valence-corrected chi connectivity index (χ0v) is 11.7. The maximum atomic E-state index is 14.3. The number of nitrogens with two attached hydrogens (primary N) is 1. The summed E-state index contributed by atoms with van der Waals surface area (Å²) < 4.78 is 14.3. The van der Waals surface area contributed by atoms with Gasteiger partial charge in [0.1, 0.15) is 5.82 Å². The highest BCUT2D eigenvalue weighted by Gasteiger charge is 2.35. The summed E-state index contributed by atoms with van der Waals surface area (Å²) in [4.78, 5) is 16.5. The number of rotatable bonds is 1. The van der Waals surface area contributed by atoms with Crippen LogP contribution in [0.1, 0.15) is 22.7 Å². The molecule has 2 amide bonds. The number of hydrogen-bond donors (Lipinski definition) is 2. The lowest BCUT2D eigenvalue weighted by molar-refractivity contribution is 0.199. The maximum Gasteiger partial charge on any atom is 0.315 e. The predicted molar refractivity (Wildman–Crippen MR) is 81.7 cm³/mol. The van der Waals surface area contributed by atoms with Gasteiger partial charge < -0.3 is 15.6 Å². The Kier molecular flexibility index (Phi) is 2.69. The van der Waals surface area contributed by atoms with E-state index < -0.39 is 6.03 Å². The quantitative estimate of drug-likeness (QED) is 0.711. The number of carbonyl (C=O) groups is 1. The molecule has 4 nitrogen and oxygen atoms in total. The first-order valence-electron chi connectivity index (χ1n) is 7.06. The molecule has 2 heterocycles. The predicted octanol–water partition coefficient (Wildman–Crippen LogP) is 3.29. The van der Waals surface area contributed by atoms with Crippen LogP contribution in [0, 0.1) is 5.82 Å². The first-order chi connectivity index (χ1) is 10.7. The molecule has 0 spiro atoms. The van der Waals surface area contributed by atoms with Crippen molar-refractivity contribution in [1.82, 2.24) is 9.88 Å². The number of H-pyrrole nitrogens is 1. The number of fused-ring (bicyclic) bond motifs is 2. The highest BCUT2D eigenvalue weighted by Crippen LogP contribution is 2.41. The summed E-state index contributed by atoms with van der Waals surface area (Å²) in [6.45, 7) is 0.442. The van der Waals surface area contributed by atoms with E-state index in [1.165, 1.54) is 6.07 Å². The second-order valence-electron chi connectivity index (χ2n) is 5.47. The molecule has 1 aliphatic rings. The van der Waals surface area contributed by atoms with Gasteiger partial charge in [-0.05, 0) is 23.3 Å². The van der Waals surface area contributed by atoms with Gasteiger partial charge in [-0.1, -0.05) is 30.3 Å². The third-order valence-electron chi connectivity index (χ3n) is 4.27. The van der Waals surface area contributed by atoms with Crippen molar-refractivity contribution < 1.29 is 9.18 Å². The molecule has 0 fully saturated rings. The Morgan fingerprint density at radius 2 is 2.00 bits per heavy atom. The molecule has 4 rings (SSSR count). The molecule has 0 bridgehead atoms. The van der Waals surface area contributed by atoms with Gasteiger partial charge in [-0.3, -0.25) is 0 Å². The van der Waals surface area contributed by atoms with Crippen LogP contribution in [0.3, 0.4) is 0 Å². The van der Waals surface area contributed by atoms with Gasteiger partial charge in [0.15, 0.2) is 0 Å². The summed E-state index contributed by atoms with van der Waals surface area (Å²) in [6.07, 6.45) is 1.76. The Bertz CT molecular complexity index is 886. The molecule has 0 saturated heterocycles. The largest absolute Gasteiger partial charge is 0.361 e. The number of nitrogens with one attached hydrogen (secondary N) is 1. The van der Waals surface area contributed by atoms with Crippen LogP contribution in [-0.2, 0) is 6.54 Å². The van der Waals surface area contributed by atoms with Gasteiger partial charge in [-0.15, -0.1) is 0 Å². The van der Waals surface area contributed by atoms with Gasteiger partial charge in [0, 0.05) is 29.2 Å². The highest BCUT2D eigenvalue weighted by atomic mass is 19.1. The van der Waals surface area contributed by atoms with Gasteiger partial charge in [0.2, 0.25) is 0 Å². The van der Waals surface area contributed by atoms with Gasteiger partial charge in [-0.2, -0.15) is 0 Å². The van der Waals surface area contributed by atoms with E-state index >= 15 is 0 Å². The summed E-state index contributed by atoms with van der Waals surface area (Å²) >= 11 is 0. The molecule has 0 saturated carbocycles. The molecule has 3 N–H and O–H groups in total. The maximum absolute atomic E-state index is 14.3. The fourth-order valence-corrected chi connectivity index (χ4v) is 3.31. The lowest BCUT2D eigenvalue weighted by Gasteiger charge is -2.23. The molecular weight excluding hydrogens is 281 g/mol. The van der Waals surface area contributed by atoms with Crippen molar-refractivity contribution in [3.63, 3.8) is 0 Å². The minimum atomic E-state index is -0.508. The highest BCUT2D eigenvalue weighted by molar-refractivity contribution is 5.86. The normalized spacial score (nSPS) is 17.0. The van der Waals surface area contributed by atoms with E-state index in [0.29, 0.717) is 17.4 Å². The summed E-state index contributed by atoms with van der Waals surface area (Å²) in [5.41, 5.74) is 9.01. The van der Waals surface area contributed by atoms with Crippen molar-refractivity contribution in [2.45, 2.75) is 12.6 Å². The standard InChI is InChI=1S/C17H14FN3O/c18-13-6-3-7-14-15(13)12(8-20-14)16-11-5-2-1-4-10(11)9-21(16)17(19)22/h1-8,16,20H,9H2,(H2,19,22). The average molecular weight is 295 g/mol. The van der Waals surface area contributed by atoms with Crippen LogP contribution >= 0.6 is 0 Å². The number of carbonyl (C=O) groups excluding carboxylic acids is 1. The third-order valence-corrected chi connectivity index (χ3v) is 4.27. The SMILES string of the molecule is NC(=O)N1Cc2ccccc2C1c1c[nH]c2cccc(F)c12. The number of hydrogen-bond acceptors (Lipinski definition) is 1. The molecule has 1 aliphatic heterocycles. The number of amides is 2. The van der Waals surface area contributed by atoms with Crippen molar-refractivity contribution in [1.29, 1.82) is 0 Å². The molecule has 0 aliphatic carbocycles. The number of benzene rings is 2. The van der Waals surface area contributed by atoms with Crippen LogP contribution in [0.2, 0.25) is 0 Å². The smallest absolute Gasteiger partial charge is 0.315 e. The summed E-state index contributed by atoms with van der Waals surface area (Å²) in [7, 11) is 0. The molecule has 1 unspecified atom stereocenters. The Hall–Kier alpha value is -2.82. The first kappa shape index (κ1) is 12.9. The molecule has 5 heteroatoms. The molecular formula is C17H14FN3O. The van der Waals surface area contributed by atoms with Crippen molar-refractivity contribution >= 4 is 16.9 Å². The fraction of sp³-hybridized carbons (Fsp3) is 0.118. The lowest BCUT2D eigenvalue weighted by atomic mass is 9.97. The zero-order chi connectivity index (χ0) is 15.3. The van der Waals surface area contributed by atoms with Crippen molar-refractivity contribution in [3.05, 3.63) is 71.2 Å². The Balaban J connectivity index is 1.97. The van der Waals surface area contributed by atoms with E-state index in [1.807, 2.05) is 30.3 Å². The van der Waals surface area contributed by atoms with E-state index in [9.17, 15) is 9.18 Å². The minimum Gasteiger partial charge on any atom is -0.361 e. The number of aromatic nitrogens is 1.